The second-order valence-electron chi connectivity index (χ2n) is 3.90. The van der Waals surface area contributed by atoms with Crippen molar-refractivity contribution in [1.82, 2.24) is 9.97 Å². The summed E-state index contributed by atoms with van der Waals surface area (Å²) in [5, 5.41) is 0. The Bertz CT molecular complexity index is 319. The number of aromatic nitrogens is 2. The quantitative estimate of drug-likeness (QED) is 0.720. The van der Waals surface area contributed by atoms with E-state index < -0.39 is 0 Å². The highest BCUT2D eigenvalue weighted by Gasteiger charge is 2.28. The van der Waals surface area contributed by atoms with E-state index in [-0.39, 0.29) is 0 Å². The van der Waals surface area contributed by atoms with Gasteiger partial charge in [-0.15, -0.1) is 0 Å². The van der Waals surface area contributed by atoms with E-state index in [1.54, 1.807) is 0 Å². The van der Waals surface area contributed by atoms with Crippen LogP contribution in [0.5, 0.6) is 0 Å². The summed E-state index contributed by atoms with van der Waals surface area (Å²) in [5.41, 5.74) is 1.03. The molecule has 2 atom stereocenters. The molecular weight excluding hydrogens is 242 g/mol. The van der Waals surface area contributed by atoms with Crippen molar-refractivity contribution >= 4 is 21.9 Å². The van der Waals surface area contributed by atoms with Crippen LogP contribution in [0.4, 0.5) is 5.95 Å². The topological polar surface area (TPSA) is 29.0 Å². The molecule has 0 aliphatic carbocycles. The zero-order chi connectivity index (χ0) is 10.1. The first-order chi connectivity index (χ1) is 6.66. The molecule has 1 aromatic heterocycles. The SMILES string of the molecule is Cc1ccnc(N2CC(C)C(Br)C2)n1. The van der Waals surface area contributed by atoms with E-state index in [0.29, 0.717) is 10.7 Å². The summed E-state index contributed by atoms with van der Waals surface area (Å²) in [6.45, 7) is 6.29. The van der Waals surface area contributed by atoms with Gasteiger partial charge >= 0.3 is 0 Å². The molecule has 0 N–H and O–H groups in total. The zero-order valence-corrected chi connectivity index (χ0v) is 10.0. The van der Waals surface area contributed by atoms with Gasteiger partial charge in [-0.1, -0.05) is 22.9 Å². The lowest BCUT2D eigenvalue weighted by Crippen LogP contribution is -2.22. The predicted molar refractivity (Wildman–Crippen MR) is 60.9 cm³/mol. The highest BCUT2D eigenvalue weighted by Crippen LogP contribution is 2.25. The van der Waals surface area contributed by atoms with Crippen LogP contribution in [-0.4, -0.2) is 27.9 Å². The summed E-state index contributed by atoms with van der Waals surface area (Å²) in [6, 6.07) is 1.93. The fourth-order valence-corrected chi connectivity index (χ4v) is 2.20. The van der Waals surface area contributed by atoms with Crippen LogP contribution in [0, 0.1) is 12.8 Å². The summed E-state index contributed by atoms with van der Waals surface area (Å²) in [5.74, 6) is 1.53. The third-order valence-corrected chi connectivity index (χ3v) is 3.78. The fraction of sp³-hybridized carbons (Fsp3) is 0.600. The van der Waals surface area contributed by atoms with Crippen LogP contribution in [0.3, 0.4) is 0 Å². The van der Waals surface area contributed by atoms with E-state index in [4.69, 9.17) is 0 Å². The van der Waals surface area contributed by atoms with Gasteiger partial charge in [-0.2, -0.15) is 0 Å². The normalized spacial score (nSPS) is 26.9. The highest BCUT2D eigenvalue weighted by molar-refractivity contribution is 9.09. The van der Waals surface area contributed by atoms with Crippen LogP contribution in [0.15, 0.2) is 12.3 Å². The number of nitrogens with zero attached hydrogens (tertiary/aromatic N) is 3. The Morgan fingerprint density at radius 2 is 2.29 bits per heavy atom. The van der Waals surface area contributed by atoms with Crippen molar-refractivity contribution in [3.8, 4) is 0 Å². The van der Waals surface area contributed by atoms with Gasteiger partial charge in [-0.25, -0.2) is 9.97 Å². The van der Waals surface area contributed by atoms with Crippen molar-refractivity contribution in [1.29, 1.82) is 0 Å². The molecule has 1 aromatic rings. The largest absolute Gasteiger partial charge is 0.339 e. The Morgan fingerprint density at radius 1 is 1.50 bits per heavy atom. The second-order valence-corrected chi connectivity index (χ2v) is 5.07. The average Bonchev–Trinajstić information content (AvgIpc) is 2.47. The third kappa shape index (κ3) is 1.90. The van der Waals surface area contributed by atoms with E-state index in [2.05, 4.69) is 37.7 Å². The maximum Gasteiger partial charge on any atom is 0.225 e. The van der Waals surface area contributed by atoms with E-state index in [1.807, 2.05) is 19.2 Å². The smallest absolute Gasteiger partial charge is 0.225 e. The van der Waals surface area contributed by atoms with Gasteiger partial charge in [0.05, 0.1) is 0 Å². The first-order valence-electron chi connectivity index (χ1n) is 4.85. The Kier molecular flexibility index (Phi) is 2.72. The zero-order valence-electron chi connectivity index (χ0n) is 8.44. The van der Waals surface area contributed by atoms with Crippen LogP contribution in [-0.2, 0) is 0 Å². The van der Waals surface area contributed by atoms with Gasteiger partial charge in [0.15, 0.2) is 0 Å². The number of hydrogen-bond donors (Lipinski definition) is 0. The molecule has 14 heavy (non-hydrogen) atoms. The van der Waals surface area contributed by atoms with Crippen LogP contribution in [0.2, 0.25) is 0 Å². The Hall–Kier alpha value is -0.640. The van der Waals surface area contributed by atoms with Crippen molar-refractivity contribution < 1.29 is 0 Å². The van der Waals surface area contributed by atoms with E-state index in [0.717, 1.165) is 24.7 Å². The predicted octanol–water partition coefficient (Wildman–Crippen LogP) is 2.00. The van der Waals surface area contributed by atoms with Gasteiger partial charge in [0.2, 0.25) is 5.95 Å². The van der Waals surface area contributed by atoms with Gasteiger partial charge < -0.3 is 4.90 Å². The van der Waals surface area contributed by atoms with E-state index >= 15 is 0 Å². The molecular formula is C10H14BrN3. The molecule has 2 heterocycles. The maximum absolute atomic E-state index is 4.42. The molecule has 0 bridgehead atoms. The van der Waals surface area contributed by atoms with Crippen molar-refractivity contribution in [3.05, 3.63) is 18.0 Å². The van der Waals surface area contributed by atoms with Gasteiger partial charge in [0.1, 0.15) is 0 Å². The van der Waals surface area contributed by atoms with E-state index in [1.165, 1.54) is 0 Å². The number of alkyl halides is 1. The molecule has 3 nitrogen and oxygen atoms in total. The number of rotatable bonds is 1. The van der Waals surface area contributed by atoms with Crippen molar-refractivity contribution in [2.75, 3.05) is 18.0 Å². The lowest BCUT2D eigenvalue weighted by Gasteiger charge is -2.15. The molecule has 1 fully saturated rings. The minimum absolute atomic E-state index is 0.562. The minimum Gasteiger partial charge on any atom is -0.339 e. The second kappa shape index (κ2) is 3.85. The molecule has 76 valence electrons. The minimum atomic E-state index is 0.562. The summed E-state index contributed by atoms with van der Waals surface area (Å²) in [6.07, 6.45) is 1.82. The van der Waals surface area contributed by atoms with Crippen LogP contribution >= 0.6 is 15.9 Å². The summed E-state index contributed by atoms with van der Waals surface area (Å²) in [4.78, 5) is 11.5. The fourth-order valence-electron chi connectivity index (χ4n) is 1.68. The van der Waals surface area contributed by atoms with Crippen molar-refractivity contribution in [2.24, 2.45) is 5.92 Å². The molecule has 2 rings (SSSR count). The molecule has 1 aliphatic rings. The lowest BCUT2D eigenvalue weighted by atomic mass is 10.2. The molecule has 4 heteroatoms. The molecule has 1 saturated heterocycles. The summed E-state index contributed by atoms with van der Waals surface area (Å²) < 4.78 is 0. The van der Waals surface area contributed by atoms with Crippen molar-refractivity contribution in [2.45, 2.75) is 18.7 Å². The lowest BCUT2D eigenvalue weighted by molar-refractivity contribution is 0.677. The summed E-state index contributed by atoms with van der Waals surface area (Å²) >= 11 is 3.66. The third-order valence-electron chi connectivity index (χ3n) is 2.59. The van der Waals surface area contributed by atoms with E-state index in [9.17, 15) is 0 Å². The molecule has 0 saturated carbocycles. The number of halogens is 1. The maximum atomic E-state index is 4.42. The first kappa shape index (κ1) is 9.90. The van der Waals surface area contributed by atoms with Gasteiger partial charge in [-0.05, 0) is 18.9 Å². The molecule has 0 aromatic carbocycles. The number of aryl methyl sites for hydroxylation is 1. The standard InChI is InChI=1S/C10H14BrN3/c1-7-5-14(6-9(7)11)10-12-4-3-8(2)13-10/h3-4,7,9H,5-6H2,1-2H3. The first-order valence-corrected chi connectivity index (χ1v) is 5.77. The molecule has 0 amide bonds. The van der Waals surface area contributed by atoms with Crippen LogP contribution in [0.1, 0.15) is 12.6 Å². The van der Waals surface area contributed by atoms with Crippen molar-refractivity contribution in [3.63, 3.8) is 0 Å². The van der Waals surface area contributed by atoms with Crippen LogP contribution in [0.25, 0.3) is 0 Å². The highest BCUT2D eigenvalue weighted by atomic mass is 79.9. The Morgan fingerprint density at radius 3 is 2.86 bits per heavy atom. The van der Waals surface area contributed by atoms with Gasteiger partial charge in [0.25, 0.3) is 0 Å². The Labute approximate surface area is 92.7 Å². The van der Waals surface area contributed by atoms with Gasteiger partial charge in [0, 0.05) is 29.8 Å². The average molecular weight is 256 g/mol. The number of anilines is 1. The molecule has 0 radical (unpaired) electrons. The monoisotopic (exact) mass is 255 g/mol. The molecule has 1 aliphatic heterocycles. The Balaban J connectivity index is 2.17. The molecule has 0 spiro atoms. The molecule has 2 unspecified atom stereocenters. The number of hydrogen-bond acceptors (Lipinski definition) is 3. The summed E-state index contributed by atoms with van der Waals surface area (Å²) in [7, 11) is 0. The van der Waals surface area contributed by atoms with Crippen LogP contribution < -0.4 is 4.90 Å². The van der Waals surface area contributed by atoms with Gasteiger partial charge in [-0.3, -0.25) is 0 Å².